The van der Waals surface area contributed by atoms with E-state index in [9.17, 15) is 14.9 Å². The van der Waals surface area contributed by atoms with Gasteiger partial charge in [0.1, 0.15) is 5.41 Å². The van der Waals surface area contributed by atoms with E-state index >= 15 is 0 Å². The topological polar surface area (TPSA) is 85.2 Å². The van der Waals surface area contributed by atoms with E-state index in [0.29, 0.717) is 17.7 Å². The maximum Gasteiger partial charge on any atom is 0.317 e. The molecule has 0 atom stereocenters. The molecule has 1 fully saturated rings. The largest absolute Gasteiger partial charge is 0.465 e. The third-order valence-electron chi connectivity index (χ3n) is 4.45. The van der Waals surface area contributed by atoms with E-state index in [1.54, 1.807) is 26.0 Å². The van der Waals surface area contributed by atoms with Gasteiger partial charge < -0.3 is 9.72 Å². The van der Waals surface area contributed by atoms with Crippen LogP contribution in [-0.4, -0.2) is 22.5 Å². The number of nitrogens with one attached hydrogen (secondary N) is 1. The summed E-state index contributed by atoms with van der Waals surface area (Å²) in [6.45, 7) is 4.05. The molecule has 1 aliphatic carbocycles. The number of rotatable bonds is 6. The number of nitrogens with zero attached hydrogens (tertiary/aromatic N) is 1. The lowest BCUT2D eigenvalue weighted by molar-refractivity contribution is -0.384. The summed E-state index contributed by atoms with van der Waals surface area (Å²) in [5, 5.41) is 11.6. The van der Waals surface area contributed by atoms with E-state index in [1.807, 2.05) is 0 Å². The summed E-state index contributed by atoms with van der Waals surface area (Å²) < 4.78 is 5.40. The van der Waals surface area contributed by atoms with Crippen molar-refractivity contribution < 1.29 is 14.5 Å². The maximum absolute atomic E-state index is 12.4. The molecule has 1 aliphatic rings. The first-order chi connectivity index (χ1) is 10.9. The fourth-order valence-electron chi connectivity index (χ4n) is 2.59. The number of esters is 1. The first-order valence-corrected chi connectivity index (χ1v) is 7.83. The van der Waals surface area contributed by atoms with Crippen LogP contribution in [0.25, 0.3) is 10.9 Å². The Morgan fingerprint density at radius 1 is 1.39 bits per heavy atom. The molecule has 6 nitrogen and oxygen atoms in total. The van der Waals surface area contributed by atoms with Gasteiger partial charge in [-0.2, -0.15) is 0 Å². The zero-order chi connectivity index (χ0) is 16.6. The summed E-state index contributed by atoms with van der Waals surface area (Å²) >= 11 is 0. The van der Waals surface area contributed by atoms with Gasteiger partial charge >= 0.3 is 5.97 Å². The van der Waals surface area contributed by atoms with Crippen LogP contribution in [0, 0.1) is 16.0 Å². The van der Waals surface area contributed by atoms with Crippen LogP contribution >= 0.6 is 0 Å². The third-order valence-corrected chi connectivity index (χ3v) is 4.45. The molecule has 0 unspecified atom stereocenters. The van der Waals surface area contributed by atoms with Crippen LogP contribution in [0.4, 0.5) is 5.69 Å². The summed E-state index contributed by atoms with van der Waals surface area (Å²) in [4.78, 5) is 26.0. The van der Waals surface area contributed by atoms with Crippen molar-refractivity contribution in [3.8, 4) is 0 Å². The van der Waals surface area contributed by atoms with Crippen LogP contribution in [0.3, 0.4) is 0 Å². The van der Waals surface area contributed by atoms with Gasteiger partial charge in [0.2, 0.25) is 0 Å². The van der Waals surface area contributed by atoms with Gasteiger partial charge in [0, 0.05) is 28.7 Å². The fourth-order valence-corrected chi connectivity index (χ4v) is 2.59. The number of ether oxygens (including phenoxy) is 1. The van der Waals surface area contributed by atoms with Crippen molar-refractivity contribution in [1.29, 1.82) is 0 Å². The highest BCUT2D eigenvalue weighted by molar-refractivity contribution is 5.87. The first-order valence-electron chi connectivity index (χ1n) is 7.83. The number of aromatic nitrogens is 1. The molecule has 6 heteroatoms. The standard InChI is InChI=1S/C17H20N2O4/c1-17(2,16(20)23-8-7-11-3-4-11)15-10-12-9-13(19(21)22)5-6-14(12)18-15/h5-6,9-11,18H,3-4,7-8H2,1-2H3. The minimum Gasteiger partial charge on any atom is -0.465 e. The Balaban J connectivity index is 1.78. The molecule has 23 heavy (non-hydrogen) atoms. The number of H-pyrrole nitrogens is 1. The Bertz CT molecular complexity index is 759. The fraction of sp³-hybridized carbons (Fsp3) is 0.471. The van der Waals surface area contributed by atoms with Gasteiger partial charge in [0.05, 0.1) is 11.5 Å². The van der Waals surface area contributed by atoms with Gasteiger partial charge in [-0.1, -0.05) is 12.8 Å². The van der Waals surface area contributed by atoms with E-state index in [4.69, 9.17) is 4.74 Å². The van der Waals surface area contributed by atoms with Crippen LogP contribution in [0.15, 0.2) is 24.3 Å². The molecule has 1 N–H and O–H groups in total. The second-order valence-corrected chi connectivity index (χ2v) is 6.70. The molecule has 1 aromatic carbocycles. The number of nitro groups is 1. The number of nitro benzene ring substituents is 1. The van der Waals surface area contributed by atoms with Gasteiger partial charge in [-0.3, -0.25) is 14.9 Å². The molecule has 0 amide bonds. The summed E-state index contributed by atoms with van der Waals surface area (Å²) in [5.41, 5.74) is 0.680. The van der Waals surface area contributed by atoms with Crippen molar-refractivity contribution in [2.45, 2.75) is 38.5 Å². The molecule has 0 spiro atoms. The predicted molar refractivity (Wildman–Crippen MR) is 86.3 cm³/mol. The molecule has 0 bridgehead atoms. The van der Waals surface area contributed by atoms with E-state index in [1.165, 1.54) is 25.0 Å². The average Bonchev–Trinajstić information content (AvgIpc) is 3.22. The second-order valence-electron chi connectivity index (χ2n) is 6.70. The van der Waals surface area contributed by atoms with Gasteiger partial charge in [0.15, 0.2) is 0 Å². The lowest BCUT2D eigenvalue weighted by atomic mass is 9.89. The van der Waals surface area contributed by atoms with Crippen LogP contribution in [-0.2, 0) is 14.9 Å². The van der Waals surface area contributed by atoms with Gasteiger partial charge in [-0.25, -0.2) is 0 Å². The lowest BCUT2D eigenvalue weighted by Crippen LogP contribution is -2.31. The Kier molecular flexibility index (Phi) is 3.83. The van der Waals surface area contributed by atoms with Crippen molar-refractivity contribution in [1.82, 2.24) is 4.98 Å². The normalized spacial score (nSPS) is 14.9. The number of carbonyl (C=O) groups excluding carboxylic acids is 1. The molecule has 3 rings (SSSR count). The molecule has 0 radical (unpaired) electrons. The second kappa shape index (κ2) is 5.68. The molecular formula is C17H20N2O4. The first kappa shape index (κ1) is 15.5. The average molecular weight is 316 g/mol. The van der Waals surface area contributed by atoms with Crippen molar-refractivity contribution in [2.75, 3.05) is 6.61 Å². The Morgan fingerprint density at radius 2 is 2.13 bits per heavy atom. The molecule has 1 heterocycles. The van der Waals surface area contributed by atoms with Crippen LogP contribution < -0.4 is 0 Å². The number of fused-ring (bicyclic) bond motifs is 1. The van der Waals surface area contributed by atoms with Crippen molar-refractivity contribution in [3.05, 3.63) is 40.1 Å². The van der Waals surface area contributed by atoms with Gasteiger partial charge in [-0.15, -0.1) is 0 Å². The molecule has 1 saturated carbocycles. The molecular weight excluding hydrogens is 296 g/mol. The third kappa shape index (κ3) is 3.21. The molecule has 0 saturated heterocycles. The summed E-state index contributed by atoms with van der Waals surface area (Å²) in [5.74, 6) is 0.443. The zero-order valence-corrected chi connectivity index (χ0v) is 13.3. The highest BCUT2D eigenvalue weighted by Gasteiger charge is 2.34. The van der Waals surface area contributed by atoms with E-state index < -0.39 is 10.3 Å². The van der Waals surface area contributed by atoms with Crippen molar-refractivity contribution >= 4 is 22.6 Å². The Hall–Kier alpha value is -2.37. The van der Waals surface area contributed by atoms with Crippen LogP contribution in [0.5, 0.6) is 0 Å². The number of hydrogen-bond acceptors (Lipinski definition) is 4. The highest BCUT2D eigenvalue weighted by Crippen LogP contribution is 2.33. The number of aromatic amines is 1. The highest BCUT2D eigenvalue weighted by atomic mass is 16.6. The number of hydrogen-bond donors (Lipinski definition) is 1. The molecule has 1 aromatic heterocycles. The van der Waals surface area contributed by atoms with E-state index in [0.717, 1.165) is 17.9 Å². The van der Waals surface area contributed by atoms with Crippen molar-refractivity contribution in [2.24, 2.45) is 5.92 Å². The molecule has 122 valence electrons. The minimum absolute atomic E-state index is 0.0351. The van der Waals surface area contributed by atoms with Gasteiger partial charge in [-0.05, 0) is 38.3 Å². The summed E-state index contributed by atoms with van der Waals surface area (Å²) in [6, 6.07) is 6.39. The minimum atomic E-state index is -0.822. The van der Waals surface area contributed by atoms with Crippen LogP contribution in [0.1, 0.15) is 38.8 Å². The number of benzene rings is 1. The molecule has 2 aromatic rings. The monoisotopic (exact) mass is 316 g/mol. The predicted octanol–water partition coefficient (Wildman–Crippen LogP) is 3.70. The Morgan fingerprint density at radius 3 is 2.78 bits per heavy atom. The summed E-state index contributed by atoms with van der Waals surface area (Å²) in [6.07, 6.45) is 3.41. The van der Waals surface area contributed by atoms with E-state index in [2.05, 4.69) is 4.98 Å². The SMILES string of the molecule is CC(C)(C(=O)OCCC1CC1)c1cc2cc([N+](=O)[O-])ccc2[nH]1. The lowest BCUT2D eigenvalue weighted by Gasteiger charge is -2.21. The Labute approximate surface area is 134 Å². The number of non-ortho nitro benzene ring substituents is 1. The zero-order valence-electron chi connectivity index (χ0n) is 13.3. The van der Waals surface area contributed by atoms with Crippen molar-refractivity contribution in [3.63, 3.8) is 0 Å². The summed E-state index contributed by atoms with van der Waals surface area (Å²) in [7, 11) is 0. The van der Waals surface area contributed by atoms with E-state index in [-0.39, 0.29) is 11.7 Å². The number of carbonyl (C=O) groups is 1. The quantitative estimate of drug-likeness (QED) is 0.500. The van der Waals surface area contributed by atoms with Crippen LogP contribution in [0.2, 0.25) is 0 Å². The smallest absolute Gasteiger partial charge is 0.317 e. The molecule has 0 aliphatic heterocycles. The maximum atomic E-state index is 12.4. The van der Waals surface area contributed by atoms with Gasteiger partial charge in [0.25, 0.3) is 5.69 Å².